The average Bonchev–Trinajstić information content (AvgIpc) is 3.85. The number of hydrogen-bond donors (Lipinski definition) is 5. The third kappa shape index (κ3) is 7.50. The number of likely N-dealkylation sites (tertiary alicyclic amines) is 1. The summed E-state index contributed by atoms with van der Waals surface area (Å²) in [5.41, 5.74) is -0.193. The van der Waals surface area contributed by atoms with Crippen LogP contribution in [0.5, 0.6) is 0 Å². The van der Waals surface area contributed by atoms with Crippen molar-refractivity contribution < 1.29 is 37.5 Å². The molecule has 3 aromatic rings. The molecule has 1 spiro atoms. The summed E-state index contributed by atoms with van der Waals surface area (Å²) in [4.78, 5) is 49.9. The maximum absolute atomic E-state index is 13.2. The third-order valence-corrected chi connectivity index (χ3v) is 9.79. The number of carbonyl (C=O) groups is 3. The molecule has 0 radical (unpaired) electrons. The quantitative estimate of drug-likeness (QED) is 0.196. The first-order valence-electron chi connectivity index (χ1n) is 15.4. The summed E-state index contributed by atoms with van der Waals surface area (Å²) in [5.74, 6) is -1.56. The molecule has 3 aliphatic rings. The van der Waals surface area contributed by atoms with Crippen LogP contribution in [0, 0.1) is 0 Å². The van der Waals surface area contributed by atoms with Gasteiger partial charge in [0.15, 0.2) is 11.6 Å². The predicted octanol–water partition coefficient (Wildman–Crippen LogP) is 1.16. The van der Waals surface area contributed by atoms with Crippen molar-refractivity contribution in [3.8, 4) is 0 Å². The summed E-state index contributed by atoms with van der Waals surface area (Å²) in [7, 11) is -4.24. The number of ether oxygens (including phenoxy) is 1. The second-order valence-corrected chi connectivity index (χ2v) is 13.5. The van der Waals surface area contributed by atoms with Gasteiger partial charge in [0, 0.05) is 32.5 Å². The third-order valence-electron chi connectivity index (χ3n) is 8.32. The Morgan fingerprint density at radius 3 is 2.60 bits per heavy atom. The number of nitrogens with zero attached hydrogens (tertiary/aromatic N) is 3. The highest BCUT2D eigenvalue weighted by Crippen LogP contribution is 2.38. The molecule has 2 unspecified atom stereocenters. The van der Waals surface area contributed by atoms with E-state index in [2.05, 4.69) is 30.8 Å². The van der Waals surface area contributed by atoms with Gasteiger partial charge < -0.3 is 30.6 Å². The van der Waals surface area contributed by atoms with Gasteiger partial charge in [-0.05, 0) is 28.5 Å². The number of fused-ring (bicyclic) bond motifs is 1. The zero-order valence-electron chi connectivity index (χ0n) is 25.8. The number of guanidine groups is 1. The molecule has 3 aliphatic heterocycles. The molecule has 0 saturated carbocycles. The van der Waals surface area contributed by atoms with Crippen molar-refractivity contribution in [1.82, 2.24) is 25.6 Å². The Morgan fingerprint density at radius 2 is 1.85 bits per heavy atom. The molecule has 5 N–H and O–H groups in total. The van der Waals surface area contributed by atoms with Crippen molar-refractivity contribution >= 4 is 50.4 Å². The second kappa shape index (κ2) is 13.9. The van der Waals surface area contributed by atoms with Gasteiger partial charge in [-0.3, -0.25) is 19.5 Å². The Balaban J connectivity index is 1.07. The van der Waals surface area contributed by atoms with Crippen LogP contribution in [0.1, 0.15) is 18.4 Å². The van der Waals surface area contributed by atoms with Gasteiger partial charge in [-0.1, -0.05) is 65.8 Å². The van der Waals surface area contributed by atoms with Crippen molar-refractivity contribution in [2.45, 2.75) is 42.0 Å². The van der Waals surface area contributed by atoms with E-state index in [0.717, 1.165) is 10.9 Å². The minimum Gasteiger partial charge on any atom is -0.480 e. The molecule has 6 rings (SSSR count). The molecule has 0 aromatic heterocycles. The van der Waals surface area contributed by atoms with Crippen molar-refractivity contribution in [1.29, 1.82) is 0 Å². The Kier molecular flexibility index (Phi) is 9.45. The molecule has 3 heterocycles. The maximum atomic E-state index is 13.2. The van der Waals surface area contributed by atoms with Gasteiger partial charge in [0.1, 0.15) is 18.4 Å². The molecule has 0 aliphatic carbocycles. The minimum absolute atomic E-state index is 0.00966. The number of carboxylic acid groups (broad SMARTS) is 1. The van der Waals surface area contributed by atoms with Crippen LogP contribution in [-0.4, -0.2) is 98.5 Å². The van der Waals surface area contributed by atoms with Gasteiger partial charge in [-0.15, -0.1) is 0 Å². The number of carboxylic acids is 1. The molecule has 3 atom stereocenters. The van der Waals surface area contributed by atoms with Crippen LogP contribution in [0.4, 0.5) is 4.79 Å². The molecule has 0 bridgehead atoms. The highest BCUT2D eigenvalue weighted by Gasteiger charge is 2.53. The number of carbonyl (C=O) groups excluding carboxylic acids is 2. The lowest BCUT2D eigenvalue weighted by Crippen LogP contribution is -2.49. The van der Waals surface area contributed by atoms with Crippen LogP contribution >= 0.6 is 0 Å². The Labute approximate surface area is 276 Å². The number of oxime groups is 1. The van der Waals surface area contributed by atoms with Crippen LogP contribution in [-0.2, 0) is 35.8 Å². The molecule has 16 heteroatoms. The largest absolute Gasteiger partial charge is 0.480 e. The number of sulfonamides is 1. The van der Waals surface area contributed by atoms with E-state index in [4.69, 9.17) is 9.57 Å². The average molecular weight is 678 g/mol. The van der Waals surface area contributed by atoms with E-state index in [0.29, 0.717) is 37.4 Å². The lowest BCUT2D eigenvalue weighted by Gasteiger charge is -2.24. The van der Waals surface area contributed by atoms with Crippen molar-refractivity contribution in [2.24, 2.45) is 10.1 Å². The van der Waals surface area contributed by atoms with E-state index in [1.54, 1.807) is 23.1 Å². The summed E-state index contributed by atoms with van der Waals surface area (Å²) >= 11 is 0. The Hall–Kier alpha value is -5.22. The minimum atomic E-state index is -4.24. The molecule has 252 valence electrons. The van der Waals surface area contributed by atoms with Crippen molar-refractivity contribution in [3.05, 3.63) is 78.4 Å². The smallest absolute Gasteiger partial charge is 0.410 e. The Bertz CT molecular complexity index is 1870. The van der Waals surface area contributed by atoms with Crippen LogP contribution in [0.2, 0.25) is 0 Å². The monoisotopic (exact) mass is 677 g/mol. The van der Waals surface area contributed by atoms with Gasteiger partial charge >= 0.3 is 12.1 Å². The topological polar surface area (TPSA) is 200 Å². The summed E-state index contributed by atoms with van der Waals surface area (Å²) < 4.78 is 33.9. The number of nitrogens with one attached hydrogen (secondary N) is 4. The van der Waals surface area contributed by atoms with Crippen molar-refractivity contribution in [2.75, 3.05) is 32.7 Å². The maximum Gasteiger partial charge on any atom is 0.410 e. The fraction of sp³-hybridized carbons (Fsp3) is 0.344. The van der Waals surface area contributed by atoms with Crippen molar-refractivity contribution in [3.63, 3.8) is 0 Å². The predicted molar refractivity (Wildman–Crippen MR) is 175 cm³/mol. The molecule has 1 fully saturated rings. The van der Waals surface area contributed by atoms with Gasteiger partial charge in [-0.2, -0.15) is 4.72 Å². The first-order chi connectivity index (χ1) is 23.1. The van der Waals surface area contributed by atoms with E-state index in [1.165, 1.54) is 12.1 Å². The highest BCUT2D eigenvalue weighted by atomic mass is 32.2. The zero-order chi connectivity index (χ0) is 33.7. The SMILES string of the molecule is O=C(NC[C@H](NS(=O)(=O)c1ccc2ccccc2c1)C(=O)O)C1=NOC2(C1)CC(CNC1=NCCN1)N(C(=O)OCc1ccccc1)C2. The van der Waals surface area contributed by atoms with E-state index < -0.39 is 46.2 Å². The lowest BCUT2D eigenvalue weighted by molar-refractivity contribution is -0.138. The van der Waals surface area contributed by atoms with E-state index in [9.17, 15) is 27.9 Å². The summed E-state index contributed by atoms with van der Waals surface area (Å²) in [6, 6.07) is 18.9. The number of benzene rings is 3. The first kappa shape index (κ1) is 32.7. The highest BCUT2D eigenvalue weighted by molar-refractivity contribution is 7.89. The number of amides is 2. The molecule has 3 aromatic carbocycles. The first-order valence-corrected chi connectivity index (χ1v) is 16.9. The lowest BCUT2D eigenvalue weighted by atomic mass is 9.94. The summed E-state index contributed by atoms with van der Waals surface area (Å²) in [6.45, 7) is 1.32. The van der Waals surface area contributed by atoms with Gasteiger partial charge in [0.2, 0.25) is 10.0 Å². The number of aliphatic imine (C=N–C) groups is 1. The van der Waals surface area contributed by atoms with Crippen LogP contribution in [0.15, 0.2) is 87.8 Å². The fourth-order valence-electron chi connectivity index (χ4n) is 5.88. The second-order valence-electron chi connectivity index (χ2n) is 11.8. The molecular formula is C32H35N7O8S. The van der Waals surface area contributed by atoms with E-state index >= 15 is 0 Å². The van der Waals surface area contributed by atoms with Crippen LogP contribution < -0.4 is 20.7 Å². The van der Waals surface area contributed by atoms with E-state index in [1.807, 2.05) is 42.5 Å². The van der Waals surface area contributed by atoms with E-state index in [-0.39, 0.29) is 36.2 Å². The standard InChI is InChI=1S/C32H35N7O8S/c40-28(35-18-27(29(41)42)38-48(44,45)25-11-10-22-8-4-5-9-23(22)14-25)26-16-32(47-37-26)15-24(17-36-30-33-12-13-34-30)39(20-32)31(43)46-19-21-6-2-1-3-7-21/h1-11,14,24,27,38H,12-13,15-20H2,(H,35,40)(H,41,42)(H2,33,34,36)/t24?,27-,32?/m0/s1. The number of hydrogen-bond acceptors (Lipinski definition) is 11. The molecule has 15 nitrogen and oxygen atoms in total. The van der Waals surface area contributed by atoms with Crippen LogP contribution in [0.3, 0.4) is 0 Å². The summed E-state index contributed by atoms with van der Waals surface area (Å²) in [6.07, 6.45) is -0.178. The van der Waals surface area contributed by atoms with Crippen LogP contribution in [0.25, 0.3) is 10.8 Å². The van der Waals surface area contributed by atoms with Gasteiger partial charge in [0.05, 0.1) is 24.0 Å². The molecular weight excluding hydrogens is 642 g/mol. The molecule has 1 saturated heterocycles. The fourth-order valence-corrected chi connectivity index (χ4v) is 7.10. The molecule has 2 amide bonds. The number of rotatable bonds is 11. The Morgan fingerprint density at radius 1 is 1.08 bits per heavy atom. The zero-order valence-corrected chi connectivity index (χ0v) is 26.6. The number of aliphatic carboxylic acids is 1. The normalized spacial score (nSPS) is 20.8. The molecule has 48 heavy (non-hydrogen) atoms. The van der Waals surface area contributed by atoms with Gasteiger partial charge in [-0.25, -0.2) is 13.2 Å². The summed E-state index contributed by atoms with van der Waals surface area (Å²) in [5, 5.41) is 24.0. The van der Waals surface area contributed by atoms with Gasteiger partial charge in [0.25, 0.3) is 5.91 Å².